The fraction of sp³-hybridized carbons (Fsp3) is 0.292. The topological polar surface area (TPSA) is 79.7 Å². The number of imide groups is 1. The van der Waals surface area contributed by atoms with E-state index in [-0.39, 0.29) is 16.3 Å². The fourth-order valence-electron chi connectivity index (χ4n) is 4.31. The highest BCUT2D eigenvalue weighted by atomic mass is 32.2. The zero-order valence-electron chi connectivity index (χ0n) is 19.2. The molecule has 0 spiro atoms. The first-order valence-corrected chi connectivity index (χ1v) is 12.1. The number of thioether (sulfide) groups is 1. The Balaban J connectivity index is 1.53. The number of nitrogens with one attached hydrogen (secondary N) is 1. The molecular weight excluding hydrogens is 495 g/mol. The number of piperazine rings is 1. The Bertz CT molecular complexity index is 1360. The van der Waals surface area contributed by atoms with Crippen LogP contribution in [0.1, 0.15) is 12.5 Å². The van der Waals surface area contributed by atoms with Crippen molar-refractivity contribution in [2.75, 3.05) is 37.6 Å². The number of carbonyl (C=O) groups is 2. The number of aromatic nitrogens is 2. The van der Waals surface area contributed by atoms with Crippen molar-refractivity contribution in [2.24, 2.45) is 0 Å². The molecule has 2 aliphatic rings. The van der Waals surface area contributed by atoms with Crippen LogP contribution in [-0.4, -0.2) is 64.7 Å². The third-order valence-electron chi connectivity index (χ3n) is 6.12. The molecule has 3 aromatic rings. The van der Waals surface area contributed by atoms with E-state index in [4.69, 9.17) is 0 Å². The maximum atomic E-state index is 13.4. The highest BCUT2D eigenvalue weighted by Gasteiger charge is 2.33. The molecule has 0 bridgehead atoms. The minimum atomic E-state index is -4.88. The van der Waals surface area contributed by atoms with Gasteiger partial charge in [0.15, 0.2) is 5.75 Å². The number of anilines is 1. The number of halogens is 3. The lowest BCUT2D eigenvalue weighted by molar-refractivity contribution is -0.274. The van der Waals surface area contributed by atoms with E-state index >= 15 is 0 Å². The number of ether oxygens (including phenoxy) is 1. The largest absolute Gasteiger partial charge is 0.573 e. The van der Waals surface area contributed by atoms with Crippen LogP contribution in [0.15, 0.2) is 47.6 Å². The van der Waals surface area contributed by atoms with Crippen LogP contribution >= 0.6 is 11.8 Å². The van der Waals surface area contributed by atoms with E-state index in [0.29, 0.717) is 35.4 Å². The van der Waals surface area contributed by atoms with Crippen LogP contribution in [0, 0.1) is 0 Å². The Kier molecular flexibility index (Phi) is 6.39. The molecule has 0 radical (unpaired) electrons. The van der Waals surface area contributed by atoms with E-state index in [0.717, 1.165) is 31.4 Å². The lowest BCUT2D eigenvalue weighted by atomic mass is 10.1. The number of alkyl halides is 3. The Morgan fingerprint density at radius 1 is 1.11 bits per heavy atom. The number of carbonyl (C=O) groups excluding carboxylic acids is 2. The van der Waals surface area contributed by atoms with Crippen molar-refractivity contribution in [3.05, 3.63) is 53.2 Å². The first-order valence-electron chi connectivity index (χ1n) is 11.3. The molecule has 0 unspecified atom stereocenters. The summed E-state index contributed by atoms with van der Waals surface area (Å²) < 4.78 is 46.1. The van der Waals surface area contributed by atoms with Gasteiger partial charge < -0.3 is 14.5 Å². The molecule has 3 heterocycles. The van der Waals surface area contributed by atoms with Gasteiger partial charge in [-0.25, -0.2) is 4.98 Å². The Hall–Kier alpha value is -3.51. The maximum absolute atomic E-state index is 13.4. The number of likely N-dealkylation sites (N-methyl/N-ethyl adjacent to an activating group) is 1. The Morgan fingerprint density at radius 2 is 1.89 bits per heavy atom. The van der Waals surface area contributed by atoms with Gasteiger partial charge in [0.1, 0.15) is 6.33 Å². The van der Waals surface area contributed by atoms with Gasteiger partial charge in [0.05, 0.1) is 21.6 Å². The molecule has 8 nitrogen and oxygen atoms in total. The molecule has 0 saturated carbocycles. The zero-order chi connectivity index (χ0) is 25.4. The molecule has 2 aliphatic heterocycles. The van der Waals surface area contributed by atoms with Crippen molar-refractivity contribution >= 4 is 45.7 Å². The summed E-state index contributed by atoms with van der Waals surface area (Å²) in [6.07, 6.45) is -1.89. The number of hydrogen-bond donors (Lipinski definition) is 1. The molecule has 36 heavy (non-hydrogen) atoms. The molecule has 0 aliphatic carbocycles. The third kappa shape index (κ3) is 5.05. The number of hydrogen-bond acceptors (Lipinski definition) is 7. The van der Waals surface area contributed by atoms with Gasteiger partial charge in [-0.15, -0.1) is 13.2 Å². The van der Waals surface area contributed by atoms with Crippen LogP contribution in [0.3, 0.4) is 0 Å². The van der Waals surface area contributed by atoms with Gasteiger partial charge in [0.25, 0.3) is 11.1 Å². The van der Waals surface area contributed by atoms with Crippen LogP contribution < -0.4 is 15.0 Å². The first kappa shape index (κ1) is 24.2. The van der Waals surface area contributed by atoms with E-state index in [9.17, 15) is 22.8 Å². The van der Waals surface area contributed by atoms with Crippen molar-refractivity contribution in [3.8, 4) is 11.4 Å². The summed E-state index contributed by atoms with van der Waals surface area (Å²) >= 11 is 0.788. The summed E-state index contributed by atoms with van der Waals surface area (Å²) in [5.41, 5.74) is 2.50. The molecular formula is C24H22F3N5O3S. The summed E-state index contributed by atoms with van der Waals surface area (Å²) in [5, 5.41) is 1.74. The molecule has 1 N–H and O–H groups in total. The van der Waals surface area contributed by atoms with Crippen molar-refractivity contribution in [1.29, 1.82) is 0 Å². The lowest BCUT2D eigenvalue weighted by Crippen LogP contribution is -2.46. The second-order valence-electron chi connectivity index (χ2n) is 8.34. The highest BCUT2D eigenvalue weighted by Crippen LogP contribution is 2.35. The predicted molar refractivity (Wildman–Crippen MR) is 131 cm³/mol. The van der Waals surface area contributed by atoms with Crippen LogP contribution in [-0.2, 0) is 4.79 Å². The number of nitrogens with zero attached hydrogens (tertiary/aromatic N) is 4. The third-order valence-corrected chi connectivity index (χ3v) is 6.93. The number of benzene rings is 2. The average Bonchev–Trinajstić information content (AvgIpc) is 3.39. The van der Waals surface area contributed by atoms with Gasteiger partial charge in [-0.2, -0.15) is 0 Å². The average molecular weight is 518 g/mol. The highest BCUT2D eigenvalue weighted by molar-refractivity contribution is 8.18. The van der Waals surface area contributed by atoms with Crippen molar-refractivity contribution < 1.29 is 27.5 Å². The van der Waals surface area contributed by atoms with Gasteiger partial charge in [-0.05, 0) is 54.2 Å². The van der Waals surface area contributed by atoms with Crippen molar-refractivity contribution in [3.63, 3.8) is 0 Å². The molecule has 2 saturated heterocycles. The van der Waals surface area contributed by atoms with E-state index < -0.39 is 17.5 Å². The Morgan fingerprint density at radius 3 is 2.56 bits per heavy atom. The second kappa shape index (κ2) is 9.51. The van der Waals surface area contributed by atoms with Gasteiger partial charge in [-0.1, -0.05) is 13.0 Å². The molecule has 2 fully saturated rings. The van der Waals surface area contributed by atoms with Gasteiger partial charge in [0.2, 0.25) is 0 Å². The first-order chi connectivity index (χ1) is 17.2. The monoisotopic (exact) mass is 517 g/mol. The Labute approximate surface area is 208 Å². The summed E-state index contributed by atoms with van der Waals surface area (Å²) in [6, 6.07) is 9.89. The number of amides is 2. The van der Waals surface area contributed by atoms with Gasteiger partial charge in [-0.3, -0.25) is 19.5 Å². The quantitative estimate of drug-likeness (QED) is 0.503. The van der Waals surface area contributed by atoms with Gasteiger partial charge >= 0.3 is 6.36 Å². The van der Waals surface area contributed by atoms with Crippen molar-refractivity contribution in [2.45, 2.75) is 13.3 Å². The summed E-state index contributed by atoms with van der Waals surface area (Å²) in [4.78, 5) is 32.2. The van der Waals surface area contributed by atoms with Crippen LogP contribution in [0.25, 0.3) is 22.8 Å². The van der Waals surface area contributed by atoms with E-state index in [1.807, 2.05) is 4.90 Å². The standard InChI is InChI=1S/C24H22F3N5O3S/c1-2-30-7-9-31(10-8-30)16-4-6-18(20(13-16)35-24(25,26)27)32-14-28-17-5-3-15(11-19(17)32)12-21-22(33)29-23(34)36-21/h3-6,11-14H,2,7-10H2,1H3,(H,29,33,34). The number of fused-ring (bicyclic) bond motifs is 1. The smallest absolute Gasteiger partial charge is 0.403 e. The molecule has 2 amide bonds. The molecule has 188 valence electrons. The second-order valence-corrected chi connectivity index (χ2v) is 9.35. The van der Waals surface area contributed by atoms with Crippen LogP contribution in [0.4, 0.5) is 23.7 Å². The molecule has 0 atom stereocenters. The number of rotatable bonds is 5. The molecule has 5 rings (SSSR count). The van der Waals surface area contributed by atoms with Crippen LogP contribution in [0.5, 0.6) is 5.75 Å². The van der Waals surface area contributed by atoms with E-state index in [1.54, 1.807) is 36.4 Å². The molecule has 1 aromatic heterocycles. The van der Waals surface area contributed by atoms with Crippen LogP contribution in [0.2, 0.25) is 0 Å². The van der Waals surface area contributed by atoms with Crippen molar-refractivity contribution in [1.82, 2.24) is 19.8 Å². The zero-order valence-corrected chi connectivity index (χ0v) is 20.0. The minimum absolute atomic E-state index is 0.179. The number of imidazole rings is 1. The molecule has 2 aromatic carbocycles. The lowest BCUT2D eigenvalue weighted by Gasteiger charge is -2.35. The van der Waals surface area contributed by atoms with Gasteiger partial charge in [0, 0.05) is 37.9 Å². The molecule has 12 heteroatoms. The maximum Gasteiger partial charge on any atom is 0.573 e. The SMILES string of the molecule is CCN1CCN(c2ccc(-n3cnc4ccc(C=C5SC(=O)NC5=O)cc43)c(OC(F)(F)F)c2)CC1. The minimum Gasteiger partial charge on any atom is -0.403 e. The summed E-state index contributed by atoms with van der Waals surface area (Å²) in [5.74, 6) is -0.827. The van der Waals surface area contributed by atoms with E-state index in [2.05, 4.69) is 26.9 Å². The predicted octanol–water partition coefficient (Wildman–Crippen LogP) is 4.39. The normalized spacial score (nSPS) is 18.3. The van der Waals surface area contributed by atoms with E-state index in [1.165, 1.54) is 17.0 Å². The summed E-state index contributed by atoms with van der Waals surface area (Å²) in [7, 11) is 0. The summed E-state index contributed by atoms with van der Waals surface area (Å²) in [6.45, 7) is 6.09. The fourth-order valence-corrected chi connectivity index (χ4v) is 4.99.